The van der Waals surface area contributed by atoms with Crippen molar-refractivity contribution >= 4 is 16.6 Å². The van der Waals surface area contributed by atoms with E-state index in [2.05, 4.69) is 4.57 Å². The van der Waals surface area contributed by atoms with Gasteiger partial charge in [-0.15, -0.1) is 0 Å². The monoisotopic (exact) mass is 258 g/mol. The van der Waals surface area contributed by atoms with Gasteiger partial charge < -0.3 is 4.57 Å². The summed E-state index contributed by atoms with van der Waals surface area (Å²) in [5, 5.41) is 12.1. The van der Waals surface area contributed by atoms with E-state index in [1.54, 1.807) is 12.1 Å². The third-order valence-electron chi connectivity index (χ3n) is 4.14. The predicted octanol–water partition coefficient (Wildman–Crippen LogP) is 4.13. The second kappa shape index (κ2) is 5.03. The van der Waals surface area contributed by atoms with Gasteiger partial charge >= 0.3 is 0 Å². The molecule has 0 atom stereocenters. The Morgan fingerprint density at radius 1 is 1.21 bits per heavy atom. The van der Waals surface area contributed by atoms with Gasteiger partial charge in [0, 0.05) is 24.2 Å². The number of nitrogens with zero attached hydrogens (tertiary/aromatic N) is 2. The van der Waals surface area contributed by atoms with Crippen LogP contribution < -0.4 is 0 Å². The van der Waals surface area contributed by atoms with Gasteiger partial charge in [0.15, 0.2) is 0 Å². The van der Waals surface area contributed by atoms with Gasteiger partial charge in [-0.05, 0) is 24.8 Å². The molecule has 1 aliphatic rings. The van der Waals surface area contributed by atoms with Gasteiger partial charge in [0.1, 0.15) is 5.52 Å². The van der Waals surface area contributed by atoms with Gasteiger partial charge in [-0.25, -0.2) is 0 Å². The molecule has 0 radical (unpaired) electrons. The molecule has 4 heteroatoms. The minimum Gasteiger partial charge on any atom is -0.342 e. The Morgan fingerprint density at radius 3 is 2.74 bits per heavy atom. The van der Waals surface area contributed by atoms with Crippen LogP contribution in [0, 0.1) is 16.0 Å². The average molecular weight is 258 g/mol. The molecule has 4 nitrogen and oxygen atoms in total. The highest BCUT2D eigenvalue weighted by Crippen LogP contribution is 2.30. The van der Waals surface area contributed by atoms with Crippen molar-refractivity contribution in [2.75, 3.05) is 0 Å². The van der Waals surface area contributed by atoms with Crippen LogP contribution in [0.3, 0.4) is 0 Å². The third-order valence-corrected chi connectivity index (χ3v) is 4.14. The average Bonchev–Trinajstić information content (AvgIpc) is 2.83. The highest BCUT2D eigenvalue weighted by atomic mass is 16.6. The number of aromatic nitrogens is 1. The fourth-order valence-electron chi connectivity index (χ4n) is 3.19. The third kappa shape index (κ3) is 2.35. The van der Waals surface area contributed by atoms with Crippen LogP contribution in [0.2, 0.25) is 0 Å². The summed E-state index contributed by atoms with van der Waals surface area (Å²) in [6, 6.07) is 7.27. The molecule has 1 saturated carbocycles. The number of hydrogen-bond acceptors (Lipinski definition) is 2. The summed E-state index contributed by atoms with van der Waals surface area (Å²) in [5.74, 6) is 0.671. The first kappa shape index (κ1) is 12.2. The smallest absolute Gasteiger partial charge is 0.293 e. The molecule has 0 spiro atoms. The summed E-state index contributed by atoms with van der Waals surface area (Å²) in [4.78, 5) is 10.9. The minimum atomic E-state index is -0.278. The van der Waals surface area contributed by atoms with Crippen molar-refractivity contribution in [3.63, 3.8) is 0 Å². The van der Waals surface area contributed by atoms with E-state index < -0.39 is 0 Å². The molecular weight excluding hydrogens is 240 g/mol. The van der Waals surface area contributed by atoms with Crippen molar-refractivity contribution in [3.05, 3.63) is 40.6 Å². The molecule has 0 bridgehead atoms. The lowest BCUT2D eigenvalue weighted by molar-refractivity contribution is -0.383. The van der Waals surface area contributed by atoms with Gasteiger partial charge in [-0.3, -0.25) is 10.1 Å². The number of rotatable bonds is 3. The Bertz CT molecular complexity index is 597. The SMILES string of the molecule is O=[N+]([O-])c1cccc2ccn(CC3CCCCC3)c12. The molecule has 1 fully saturated rings. The number of benzene rings is 1. The molecule has 1 heterocycles. The lowest BCUT2D eigenvalue weighted by Crippen LogP contribution is -2.13. The van der Waals surface area contributed by atoms with Crippen LogP contribution in [0.4, 0.5) is 5.69 Å². The molecule has 0 aliphatic heterocycles. The number of hydrogen-bond donors (Lipinski definition) is 0. The summed E-state index contributed by atoms with van der Waals surface area (Å²) in [7, 11) is 0. The molecule has 2 aromatic rings. The number of nitro groups is 1. The van der Waals surface area contributed by atoms with E-state index >= 15 is 0 Å². The second-order valence-corrected chi connectivity index (χ2v) is 5.44. The van der Waals surface area contributed by atoms with Crippen LogP contribution in [-0.2, 0) is 6.54 Å². The Labute approximate surface area is 112 Å². The fraction of sp³-hybridized carbons (Fsp3) is 0.467. The van der Waals surface area contributed by atoms with E-state index in [-0.39, 0.29) is 10.6 Å². The van der Waals surface area contributed by atoms with E-state index in [0.717, 1.165) is 17.4 Å². The van der Waals surface area contributed by atoms with Crippen molar-refractivity contribution in [1.29, 1.82) is 0 Å². The number of fused-ring (bicyclic) bond motifs is 1. The largest absolute Gasteiger partial charge is 0.342 e. The molecule has 0 amide bonds. The van der Waals surface area contributed by atoms with Gasteiger partial charge in [0.2, 0.25) is 0 Å². The normalized spacial score (nSPS) is 16.8. The van der Waals surface area contributed by atoms with Crippen molar-refractivity contribution in [2.45, 2.75) is 38.6 Å². The van der Waals surface area contributed by atoms with Gasteiger partial charge in [-0.1, -0.05) is 31.4 Å². The van der Waals surface area contributed by atoms with Crippen LogP contribution >= 0.6 is 0 Å². The maximum absolute atomic E-state index is 11.1. The maximum atomic E-state index is 11.1. The first-order valence-corrected chi connectivity index (χ1v) is 6.98. The first-order chi connectivity index (χ1) is 9.25. The number of para-hydroxylation sites is 1. The van der Waals surface area contributed by atoms with Crippen molar-refractivity contribution in [1.82, 2.24) is 4.57 Å². The standard InChI is InChI=1S/C15H18N2O2/c18-17(19)14-8-4-7-13-9-10-16(15(13)14)11-12-5-2-1-3-6-12/h4,7-10,12H,1-3,5-6,11H2. The first-order valence-electron chi connectivity index (χ1n) is 6.98. The zero-order valence-electron chi connectivity index (χ0n) is 10.9. The molecule has 3 rings (SSSR count). The summed E-state index contributed by atoms with van der Waals surface area (Å²) in [6.45, 7) is 0.911. The summed E-state index contributed by atoms with van der Waals surface area (Å²) in [5.41, 5.74) is 0.997. The van der Waals surface area contributed by atoms with E-state index in [0.29, 0.717) is 5.92 Å². The molecule has 1 aromatic heterocycles. The van der Waals surface area contributed by atoms with Crippen molar-refractivity contribution < 1.29 is 4.92 Å². The Kier molecular flexibility index (Phi) is 3.23. The molecule has 100 valence electrons. The highest BCUT2D eigenvalue weighted by molar-refractivity contribution is 5.88. The van der Waals surface area contributed by atoms with Gasteiger partial charge in [-0.2, -0.15) is 0 Å². The van der Waals surface area contributed by atoms with Crippen LogP contribution in [-0.4, -0.2) is 9.49 Å². The van der Waals surface area contributed by atoms with E-state index in [1.807, 2.05) is 18.3 Å². The Hall–Kier alpha value is -1.84. The molecule has 19 heavy (non-hydrogen) atoms. The van der Waals surface area contributed by atoms with Gasteiger partial charge in [0.25, 0.3) is 5.69 Å². The second-order valence-electron chi connectivity index (χ2n) is 5.44. The van der Waals surface area contributed by atoms with Crippen LogP contribution in [0.15, 0.2) is 30.5 Å². The fourth-order valence-corrected chi connectivity index (χ4v) is 3.19. The highest BCUT2D eigenvalue weighted by Gasteiger charge is 2.19. The molecule has 1 aliphatic carbocycles. The van der Waals surface area contributed by atoms with E-state index in [1.165, 1.54) is 32.1 Å². The van der Waals surface area contributed by atoms with E-state index in [4.69, 9.17) is 0 Å². The number of non-ortho nitro benzene ring substituents is 1. The Balaban J connectivity index is 1.96. The van der Waals surface area contributed by atoms with Gasteiger partial charge in [0.05, 0.1) is 4.92 Å². The van der Waals surface area contributed by atoms with E-state index in [9.17, 15) is 10.1 Å². The summed E-state index contributed by atoms with van der Waals surface area (Å²) >= 11 is 0. The molecule has 1 aromatic carbocycles. The maximum Gasteiger partial charge on any atom is 0.293 e. The number of nitro benzene ring substituents is 1. The molecule has 0 N–H and O–H groups in total. The lowest BCUT2D eigenvalue weighted by Gasteiger charge is -2.22. The predicted molar refractivity (Wildman–Crippen MR) is 75.2 cm³/mol. The van der Waals surface area contributed by atoms with Crippen LogP contribution in [0.25, 0.3) is 10.9 Å². The molecular formula is C15H18N2O2. The quantitative estimate of drug-likeness (QED) is 0.614. The van der Waals surface area contributed by atoms with Crippen molar-refractivity contribution in [3.8, 4) is 0 Å². The minimum absolute atomic E-state index is 0.221. The zero-order chi connectivity index (χ0) is 13.2. The summed E-state index contributed by atoms with van der Waals surface area (Å²) < 4.78 is 2.07. The Morgan fingerprint density at radius 2 is 2.00 bits per heavy atom. The zero-order valence-corrected chi connectivity index (χ0v) is 10.9. The van der Waals surface area contributed by atoms with Crippen molar-refractivity contribution in [2.24, 2.45) is 5.92 Å². The lowest BCUT2D eigenvalue weighted by atomic mass is 9.89. The molecule has 0 saturated heterocycles. The molecule has 0 unspecified atom stereocenters. The van der Waals surface area contributed by atoms with Crippen LogP contribution in [0.1, 0.15) is 32.1 Å². The van der Waals surface area contributed by atoms with Crippen LogP contribution in [0.5, 0.6) is 0 Å². The summed E-state index contributed by atoms with van der Waals surface area (Å²) in [6.07, 6.45) is 8.42. The topological polar surface area (TPSA) is 48.1 Å².